The van der Waals surface area contributed by atoms with Crippen LogP contribution >= 0.6 is 12.6 Å². The molecule has 0 heterocycles. The molecule has 0 fully saturated rings. The second-order valence-electron chi connectivity index (χ2n) is 9.11. The van der Waals surface area contributed by atoms with Gasteiger partial charge in [-0.05, 0) is 82.0 Å². The second-order valence-corrected chi connectivity index (χ2v) is 9.63. The molecule has 1 aliphatic rings. The summed E-state index contributed by atoms with van der Waals surface area (Å²) in [6.45, 7) is 6.38. The predicted molar refractivity (Wildman–Crippen MR) is 153 cm³/mol. The Kier molecular flexibility index (Phi) is 7.75. The van der Waals surface area contributed by atoms with Gasteiger partial charge in [0.05, 0.1) is 0 Å². The van der Waals surface area contributed by atoms with Gasteiger partial charge in [0.15, 0.2) is 0 Å². The lowest BCUT2D eigenvalue weighted by atomic mass is 9.72. The molecule has 0 N–H and O–H groups in total. The summed E-state index contributed by atoms with van der Waals surface area (Å²) in [6, 6.07) is 32.7. The van der Waals surface area contributed by atoms with Crippen LogP contribution in [0.1, 0.15) is 51.2 Å². The highest BCUT2D eigenvalue weighted by Gasteiger charge is 2.28. The maximum atomic E-state index is 4.42. The van der Waals surface area contributed by atoms with E-state index in [1.807, 2.05) is 13.8 Å². The first kappa shape index (κ1) is 24.1. The van der Waals surface area contributed by atoms with Crippen LogP contribution in [0.3, 0.4) is 0 Å². The van der Waals surface area contributed by atoms with Gasteiger partial charge in [-0.25, -0.2) is 0 Å². The first-order valence-corrected chi connectivity index (χ1v) is 12.8. The minimum atomic E-state index is 0.220. The fourth-order valence-corrected chi connectivity index (χ4v) is 4.79. The molecule has 0 bridgehead atoms. The topological polar surface area (TPSA) is 0 Å². The minimum absolute atomic E-state index is 0.220. The Balaban J connectivity index is 0.00000133. The van der Waals surface area contributed by atoms with Gasteiger partial charge in [0.2, 0.25) is 0 Å². The lowest BCUT2D eigenvalue weighted by Gasteiger charge is -2.33. The number of rotatable bonds is 4. The Hall–Kier alpha value is -3.03. The van der Waals surface area contributed by atoms with E-state index >= 15 is 0 Å². The van der Waals surface area contributed by atoms with Crippen molar-refractivity contribution in [2.24, 2.45) is 0 Å². The van der Waals surface area contributed by atoms with E-state index in [1.165, 1.54) is 45.0 Å². The van der Waals surface area contributed by atoms with Gasteiger partial charge in [-0.15, -0.1) is 12.6 Å². The van der Waals surface area contributed by atoms with Gasteiger partial charge < -0.3 is 0 Å². The zero-order chi connectivity index (χ0) is 24.0. The first-order chi connectivity index (χ1) is 16.6. The van der Waals surface area contributed by atoms with E-state index in [1.54, 1.807) is 0 Å². The summed E-state index contributed by atoms with van der Waals surface area (Å²) in [5, 5.41) is 2.56. The van der Waals surface area contributed by atoms with Gasteiger partial charge in [-0.2, -0.15) is 0 Å². The van der Waals surface area contributed by atoms with Crippen LogP contribution in [0.2, 0.25) is 0 Å². The summed E-state index contributed by atoms with van der Waals surface area (Å²) in [6.07, 6.45) is 10.4. The van der Waals surface area contributed by atoms with Crippen LogP contribution in [0.4, 0.5) is 0 Å². The van der Waals surface area contributed by atoms with Crippen molar-refractivity contribution >= 4 is 29.5 Å². The maximum absolute atomic E-state index is 4.42. The molecule has 0 nitrogen and oxygen atoms in total. The van der Waals surface area contributed by atoms with Crippen LogP contribution < -0.4 is 0 Å². The molecule has 172 valence electrons. The largest absolute Gasteiger partial charge is 0.143 e. The number of hydrogen-bond donors (Lipinski definition) is 1. The number of benzene rings is 4. The van der Waals surface area contributed by atoms with Gasteiger partial charge in [-0.1, -0.05) is 111 Å². The predicted octanol–water partition coefficient (Wildman–Crippen LogP) is 9.90. The number of hydrogen-bond acceptors (Lipinski definition) is 1. The van der Waals surface area contributed by atoms with E-state index in [0.717, 1.165) is 17.7 Å². The monoisotopic (exact) mass is 462 g/mol. The maximum Gasteiger partial charge on any atom is 0.00401 e. The van der Waals surface area contributed by atoms with Crippen molar-refractivity contribution in [2.45, 2.75) is 50.3 Å². The van der Waals surface area contributed by atoms with Crippen LogP contribution in [0.5, 0.6) is 0 Å². The highest BCUT2D eigenvalue weighted by molar-refractivity contribution is 7.80. The van der Waals surface area contributed by atoms with Crippen molar-refractivity contribution in [1.29, 1.82) is 0 Å². The quantitative estimate of drug-likeness (QED) is 0.287. The standard InChI is InChI=1S/C31H28S.C2H6/c1-31(29-13-15-30(32)16-14-29)19-17-23(18-20-31)7-8-24-9-10-28-22-27(12-11-26(28)21-24)25-5-3-2-4-6-25;1-2/h2-17,21-22,32H,18-20H2,1H3;1-2H3/b8-7+;. The summed E-state index contributed by atoms with van der Waals surface area (Å²) in [7, 11) is 0. The molecule has 4 aromatic carbocycles. The smallest absolute Gasteiger partial charge is 0.00401 e. The molecule has 0 saturated heterocycles. The third kappa shape index (κ3) is 5.54. The summed E-state index contributed by atoms with van der Waals surface area (Å²) in [5.74, 6) is 0. The van der Waals surface area contributed by atoms with Crippen LogP contribution in [-0.2, 0) is 5.41 Å². The Morgan fingerprint density at radius 2 is 1.44 bits per heavy atom. The number of fused-ring (bicyclic) bond motifs is 1. The van der Waals surface area contributed by atoms with Gasteiger partial charge >= 0.3 is 0 Å². The van der Waals surface area contributed by atoms with Crippen molar-refractivity contribution in [3.8, 4) is 11.1 Å². The lowest BCUT2D eigenvalue weighted by molar-refractivity contribution is 0.422. The average molecular weight is 463 g/mol. The van der Waals surface area contributed by atoms with Crippen LogP contribution in [-0.4, -0.2) is 0 Å². The fourth-order valence-electron chi connectivity index (χ4n) is 4.64. The Labute approximate surface area is 210 Å². The fraction of sp³-hybridized carbons (Fsp3) is 0.212. The molecule has 0 amide bonds. The molecule has 0 aliphatic heterocycles. The van der Waals surface area contributed by atoms with Gasteiger partial charge in [-0.3, -0.25) is 0 Å². The zero-order valence-corrected chi connectivity index (χ0v) is 21.4. The summed E-state index contributed by atoms with van der Waals surface area (Å²) >= 11 is 4.42. The number of thiol groups is 1. The molecule has 1 heteroatoms. The third-order valence-corrected chi connectivity index (χ3v) is 7.10. The summed E-state index contributed by atoms with van der Waals surface area (Å²) in [5.41, 5.74) is 6.85. The van der Waals surface area contributed by atoms with Crippen LogP contribution in [0, 0.1) is 0 Å². The van der Waals surface area contributed by atoms with E-state index in [2.05, 4.69) is 129 Å². The second kappa shape index (κ2) is 10.9. The molecule has 34 heavy (non-hydrogen) atoms. The van der Waals surface area contributed by atoms with E-state index in [-0.39, 0.29) is 5.41 Å². The zero-order valence-electron chi connectivity index (χ0n) is 20.5. The van der Waals surface area contributed by atoms with Crippen LogP contribution in [0.15, 0.2) is 114 Å². The molecule has 0 aromatic heterocycles. The molecule has 0 spiro atoms. The van der Waals surface area contributed by atoms with E-state index < -0.39 is 0 Å². The van der Waals surface area contributed by atoms with Crippen molar-refractivity contribution in [3.05, 3.63) is 120 Å². The summed E-state index contributed by atoms with van der Waals surface area (Å²) in [4.78, 5) is 1.03. The van der Waals surface area contributed by atoms with E-state index in [9.17, 15) is 0 Å². The van der Waals surface area contributed by atoms with Gasteiger partial charge in [0.25, 0.3) is 0 Å². The molecule has 1 atom stereocenters. The molecular weight excluding hydrogens is 428 g/mol. The summed E-state index contributed by atoms with van der Waals surface area (Å²) < 4.78 is 0. The molecule has 0 saturated carbocycles. The number of allylic oxidation sites excluding steroid dienone is 3. The van der Waals surface area contributed by atoms with E-state index in [4.69, 9.17) is 0 Å². The molecule has 4 aromatic rings. The van der Waals surface area contributed by atoms with E-state index in [0.29, 0.717) is 0 Å². The average Bonchev–Trinajstić information content (AvgIpc) is 2.90. The minimum Gasteiger partial charge on any atom is -0.143 e. The van der Waals surface area contributed by atoms with Crippen molar-refractivity contribution in [3.63, 3.8) is 0 Å². The molecular formula is C33H34S. The molecule has 0 radical (unpaired) electrons. The van der Waals surface area contributed by atoms with Crippen LogP contribution in [0.25, 0.3) is 28.0 Å². The van der Waals surface area contributed by atoms with Crippen molar-refractivity contribution < 1.29 is 0 Å². The Morgan fingerprint density at radius 1 is 0.735 bits per heavy atom. The third-order valence-electron chi connectivity index (χ3n) is 6.81. The first-order valence-electron chi connectivity index (χ1n) is 12.3. The molecule has 5 rings (SSSR count). The normalized spacial score (nSPS) is 17.8. The Bertz CT molecular complexity index is 1300. The van der Waals surface area contributed by atoms with Crippen molar-refractivity contribution in [1.82, 2.24) is 0 Å². The van der Waals surface area contributed by atoms with Gasteiger partial charge in [0, 0.05) is 4.90 Å². The Morgan fingerprint density at radius 3 is 2.15 bits per heavy atom. The lowest BCUT2D eigenvalue weighted by Crippen LogP contribution is -2.23. The highest BCUT2D eigenvalue weighted by Crippen LogP contribution is 2.39. The van der Waals surface area contributed by atoms with Crippen molar-refractivity contribution in [2.75, 3.05) is 0 Å². The highest BCUT2D eigenvalue weighted by atomic mass is 32.1. The molecule has 1 aliphatic carbocycles. The SMILES string of the molecule is CC.CC1(c2ccc(S)cc2)CC=C(/C=C/c2ccc3cc(-c4ccccc4)ccc3c2)CC1. The molecule has 1 unspecified atom stereocenters. The van der Waals surface area contributed by atoms with Gasteiger partial charge in [0.1, 0.15) is 0 Å².